The number of rotatable bonds is 8. The first-order valence-corrected chi connectivity index (χ1v) is 7.88. The van der Waals surface area contributed by atoms with E-state index < -0.39 is 5.97 Å². The first-order chi connectivity index (χ1) is 12.5. The SMILES string of the molecule is COC/C=C\c1cc(C(=O)O)cc(-c2cc(OC)c(OC)c(OC)c2)c1. The lowest BCUT2D eigenvalue weighted by molar-refractivity contribution is 0.0697. The van der Waals surface area contributed by atoms with Gasteiger partial charge in [0.05, 0.1) is 33.5 Å². The summed E-state index contributed by atoms with van der Waals surface area (Å²) in [7, 11) is 6.20. The van der Waals surface area contributed by atoms with E-state index in [4.69, 9.17) is 18.9 Å². The molecular formula is C20H22O6. The number of hydrogen-bond donors (Lipinski definition) is 1. The molecule has 6 heteroatoms. The summed E-state index contributed by atoms with van der Waals surface area (Å²) in [5.74, 6) is 0.479. The van der Waals surface area contributed by atoms with Crippen LogP contribution in [-0.4, -0.2) is 46.1 Å². The summed E-state index contributed by atoms with van der Waals surface area (Å²) in [5.41, 5.74) is 2.42. The molecule has 138 valence electrons. The van der Waals surface area contributed by atoms with Gasteiger partial charge in [0, 0.05) is 7.11 Å². The van der Waals surface area contributed by atoms with Crippen LogP contribution in [0.15, 0.2) is 36.4 Å². The van der Waals surface area contributed by atoms with E-state index in [0.717, 1.165) is 16.7 Å². The summed E-state index contributed by atoms with van der Waals surface area (Å²) >= 11 is 0. The second-order valence-corrected chi connectivity index (χ2v) is 5.42. The minimum Gasteiger partial charge on any atom is -0.493 e. The number of aromatic carboxylic acids is 1. The van der Waals surface area contributed by atoms with Crippen LogP contribution in [-0.2, 0) is 4.74 Å². The van der Waals surface area contributed by atoms with Gasteiger partial charge in [-0.25, -0.2) is 4.79 Å². The maximum absolute atomic E-state index is 11.5. The van der Waals surface area contributed by atoms with Crippen molar-refractivity contribution < 1.29 is 28.8 Å². The Bertz CT molecular complexity index is 785. The quantitative estimate of drug-likeness (QED) is 0.775. The Balaban J connectivity index is 2.61. The van der Waals surface area contributed by atoms with Crippen LogP contribution in [0.3, 0.4) is 0 Å². The van der Waals surface area contributed by atoms with Crippen molar-refractivity contribution in [1.29, 1.82) is 0 Å². The van der Waals surface area contributed by atoms with Gasteiger partial charge in [0.2, 0.25) is 5.75 Å². The van der Waals surface area contributed by atoms with Gasteiger partial charge < -0.3 is 24.1 Å². The summed E-state index contributed by atoms with van der Waals surface area (Å²) in [4.78, 5) is 11.5. The molecule has 0 heterocycles. The Kier molecular flexibility index (Phi) is 6.63. The van der Waals surface area contributed by atoms with Crippen LogP contribution in [0.25, 0.3) is 17.2 Å². The maximum atomic E-state index is 11.5. The third-order valence-electron chi connectivity index (χ3n) is 3.77. The molecule has 0 aliphatic heterocycles. The molecule has 0 amide bonds. The molecule has 6 nitrogen and oxygen atoms in total. The Morgan fingerprint density at radius 3 is 2.04 bits per heavy atom. The van der Waals surface area contributed by atoms with Gasteiger partial charge in [0.1, 0.15) is 0 Å². The number of methoxy groups -OCH3 is 4. The molecule has 0 saturated carbocycles. The molecular weight excluding hydrogens is 336 g/mol. The topological polar surface area (TPSA) is 74.2 Å². The third-order valence-corrected chi connectivity index (χ3v) is 3.77. The summed E-state index contributed by atoms with van der Waals surface area (Å²) in [6.07, 6.45) is 3.64. The second-order valence-electron chi connectivity index (χ2n) is 5.42. The highest BCUT2D eigenvalue weighted by atomic mass is 16.5. The van der Waals surface area contributed by atoms with Crippen LogP contribution in [0.5, 0.6) is 17.2 Å². The highest BCUT2D eigenvalue weighted by Crippen LogP contribution is 2.41. The Morgan fingerprint density at radius 1 is 0.923 bits per heavy atom. The van der Waals surface area contributed by atoms with Crippen molar-refractivity contribution in [1.82, 2.24) is 0 Å². The van der Waals surface area contributed by atoms with Crippen LogP contribution < -0.4 is 14.2 Å². The fraction of sp³-hybridized carbons (Fsp3) is 0.250. The van der Waals surface area contributed by atoms with Crippen LogP contribution in [0.1, 0.15) is 15.9 Å². The van der Waals surface area contributed by atoms with E-state index in [1.54, 1.807) is 31.4 Å². The molecule has 0 saturated heterocycles. The van der Waals surface area contributed by atoms with Crippen molar-refractivity contribution in [3.05, 3.63) is 47.5 Å². The first kappa shape index (κ1) is 19.3. The molecule has 26 heavy (non-hydrogen) atoms. The van der Waals surface area contributed by atoms with Gasteiger partial charge in [-0.15, -0.1) is 0 Å². The van der Waals surface area contributed by atoms with Crippen molar-refractivity contribution in [2.24, 2.45) is 0 Å². The average Bonchev–Trinajstić information content (AvgIpc) is 2.66. The highest BCUT2D eigenvalue weighted by molar-refractivity contribution is 5.91. The molecule has 0 bridgehead atoms. The smallest absolute Gasteiger partial charge is 0.335 e. The molecule has 2 aromatic carbocycles. The van der Waals surface area contributed by atoms with Gasteiger partial charge in [-0.1, -0.05) is 12.2 Å². The van der Waals surface area contributed by atoms with Crippen LogP contribution in [0.4, 0.5) is 0 Å². The zero-order valence-electron chi connectivity index (χ0n) is 15.2. The van der Waals surface area contributed by atoms with Crippen molar-refractivity contribution in [2.75, 3.05) is 35.0 Å². The monoisotopic (exact) mass is 358 g/mol. The van der Waals surface area contributed by atoms with Gasteiger partial charge in [0.15, 0.2) is 11.5 Å². The molecule has 0 aliphatic carbocycles. The van der Waals surface area contributed by atoms with E-state index in [2.05, 4.69) is 0 Å². The predicted octanol–water partition coefficient (Wildman–Crippen LogP) is 3.74. The van der Waals surface area contributed by atoms with E-state index in [9.17, 15) is 9.90 Å². The Morgan fingerprint density at radius 2 is 1.54 bits per heavy atom. The molecule has 0 radical (unpaired) electrons. The van der Waals surface area contributed by atoms with Gasteiger partial charge in [-0.3, -0.25) is 0 Å². The van der Waals surface area contributed by atoms with E-state index in [1.165, 1.54) is 21.3 Å². The zero-order valence-corrected chi connectivity index (χ0v) is 15.2. The van der Waals surface area contributed by atoms with E-state index in [0.29, 0.717) is 23.9 Å². The summed E-state index contributed by atoms with van der Waals surface area (Å²) < 4.78 is 21.1. The van der Waals surface area contributed by atoms with Crippen molar-refractivity contribution in [2.45, 2.75) is 0 Å². The second kappa shape index (κ2) is 8.92. The number of carboxylic acid groups (broad SMARTS) is 1. The molecule has 0 spiro atoms. The number of hydrogen-bond acceptors (Lipinski definition) is 5. The minimum atomic E-state index is -0.999. The van der Waals surface area contributed by atoms with E-state index in [1.807, 2.05) is 18.2 Å². The average molecular weight is 358 g/mol. The van der Waals surface area contributed by atoms with Crippen LogP contribution >= 0.6 is 0 Å². The standard InChI is InChI=1S/C20H22O6/c1-23-7-5-6-13-8-14(10-16(9-13)20(21)22)15-11-17(24-2)19(26-4)18(12-15)25-3/h5-6,8-12H,7H2,1-4H3,(H,21,22)/b6-5-. The molecule has 0 unspecified atom stereocenters. The van der Waals surface area contributed by atoms with Gasteiger partial charge in [0.25, 0.3) is 0 Å². The largest absolute Gasteiger partial charge is 0.493 e. The molecule has 2 rings (SSSR count). The summed E-state index contributed by atoms with van der Waals surface area (Å²) in [6.45, 7) is 0.441. The van der Waals surface area contributed by atoms with Crippen molar-refractivity contribution >= 4 is 12.0 Å². The molecule has 0 aromatic heterocycles. The number of carboxylic acids is 1. The van der Waals surface area contributed by atoms with Gasteiger partial charge >= 0.3 is 5.97 Å². The Labute approximate surface area is 152 Å². The van der Waals surface area contributed by atoms with Crippen LogP contribution in [0.2, 0.25) is 0 Å². The Hall–Kier alpha value is -2.99. The maximum Gasteiger partial charge on any atom is 0.335 e. The third kappa shape index (κ3) is 4.34. The molecule has 0 aliphatic rings. The number of carbonyl (C=O) groups is 1. The predicted molar refractivity (Wildman–Crippen MR) is 99.4 cm³/mol. The van der Waals surface area contributed by atoms with Crippen LogP contribution in [0, 0.1) is 0 Å². The minimum absolute atomic E-state index is 0.188. The fourth-order valence-corrected chi connectivity index (χ4v) is 2.57. The molecule has 0 atom stereocenters. The van der Waals surface area contributed by atoms with Gasteiger partial charge in [-0.2, -0.15) is 0 Å². The lowest BCUT2D eigenvalue weighted by atomic mass is 9.98. The zero-order chi connectivity index (χ0) is 19.1. The van der Waals surface area contributed by atoms with Crippen molar-refractivity contribution in [3.8, 4) is 28.4 Å². The van der Waals surface area contributed by atoms with E-state index >= 15 is 0 Å². The lowest BCUT2D eigenvalue weighted by Crippen LogP contribution is -1.99. The highest BCUT2D eigenvalue weighted by Gasteiger charge is 2.15. The van der Waals surface area contributed by atoms with Gasteiger partial charge in [-0.05, 0) is 47.0 Å². The number of benzene rings is 2. The molecule has 0 fully saturated rings. The molecule has 1 N–H and O–H groups in total. The van der Waals surface area contributed by atoms with E-state index in [-0.39, 0.29) is 5.56 Å². The van der Waals surface area contributed by atoms with Crippen molar-refractivity contribution in [3.63, 3.8) is 0 Å². The molecule has 2 aromatic rings. The fourth-order valence-electron chi connectivity index (χ4n) is 2.57. The lowest BCUT2D eigenvalue weighted by Gasteiger charge is -2.15. The normalized spacial score (nSPS) is 10.8. The summed E-state index contributed by atoms with van der Waals surface area (Å²) in [5, 5.41) is 9.42. The summed E-state index contributed by atoms with van der Waals surface area (Å²) in [6, 6.07) is 8.67. The first-order valence-electron chi connectivity index (χ1n) is 7.88. The number of ether oxygens (including phenoxy) is 4.